The second-order valence-electron chi connectivity index (χ2n) is 5.26. The first-order valence-corrected chi connectivity index (χ1v) is 9.82. The van der Waals surface area contributed by atoms with Crippen molar-refractivity contribution in [1.82, 2.24) is 4.90 Å². The summed E-state index contributed by atoms with van der Waals surface area (Å²) in [5, 5.41) is 9.76. The van der Waals surface area contributed by atoms with E-state index in [1.807, 2.05) is 0 Å². The van der Waals surface area contributed by atoms with E-state index in [-0.39, 0.29) is 17.8 Å². The van der Waals surface area contributed by atoms with Crippen molar-refractivity contribution in [2.45, 2.75) is 18.9 Å². The smallest absolute Gasteiger partial charge is 0.266 e. The van der Waals surface area contributed by atoms with E-state index in [0.717, 1.165) is 25.0 Å². The van der Waals surface area contributed by atoms with Crippen molar-refractivity contribution in [3.63, 3.8) is 0 Å². The number of phenols is 1. The van der Waals surface area contributed by atoms with Crippen molar-refractivity contribution in [2.75, 3.05) is 13.2 Å². The van der Waals surface area contributed by atoms with Gasteiger partial charge in [-0.1, -0.05) is 24.0 Å². The Balaban J connectivity index is 1.81. The fourth-order valence-corrected chi connectivity index (χ4v) is 4.97. The number of amides is 1. The summed E-state index contributed by atoms with van der Waals surface area (Å²) in [4.78, 5) is 14.8. The molecule has 0 saturated carbocycles. The Morgan fingerprint density at radius 2 is 2.13 bits per heavy atom. The SMILES string of the molecule is O=C1/C(=C/c2cc(Br)c(O)c(Br)c2)SC(=S)N1C[C@@H]1CCCO1. The van der Waals surface area contributed by atoms with Crippen LogP contribution in [0.4, 0.5) is 0 Å². The third-order valence-corrected chi connectivity index (χ3v) is 6.21. The average molecular weight is 479 g/mol. The number of phenolic OH excluding ortho intramolecular Hbond substituents is 1. The molecule has 8 heteroatoms. The van der Waals surface area contributed by atoms with Crippen LogP contribution in [0.25, 0.3) is 6.08 Å². The van der Waals surface area contributed by atoms with Crippen LogP contribution in [0.15, 0.2) is 26.0 Å². The van der Waals surface area contributed by atoms with Gasteiger partial charge < -0.3 is 9.84 Å². The molecule has 2 fully saturated rings. The maximum atomic E-state index is 12.6. The van der Waals surface area contributed by atoms with Gasteiger partial charge in [0.05, 0.1) is 26.5 Å². The van der Waals surface area contributed by atoms with Gasteiger partial charge in [0.15, 0.2) is 0 Å². The molecule has 3 rings (SSSR count). The first kappa shape index (κ1) is 17.4. The normalized spacial score (nSPS) is 23.3. The van der Waals surface area contributed by atoms with Gasteiger partial charge in [-0.15, -0.1) is 0 Å². The van der Waals surface area contributed by atoms with Crippen molar-refractivity contribution >= 4 is 72.1 Å². The summed E-state index contributed by atoms with van der Waals surface area (Å²) in [6.07, 6.45) is 3.86. The fourth-order valence-electron chi connectivity index (χ4n) is 2.47. The Morgan fingerprint density at radius 1 is 1.43 bits per heavy atom. The minimum absolute atomic E-state index is 0.0776. The maximum Gasteiger partial charge on any atom is 0.266 e. The van der Waals surface area contributed by atoms with Crippen LogP contribution in [0, 0.1) is 0 Å². The molecule has 23 heavy (non-hydrogen) atoms. The number of thiocarbonyl (C=S) groups is 1. The fraction of sp³-hybridized carbons (Fsp3) is 0.333. The molecule has 4 nitrogen and oxygen atoms in total. The third-order valence-electron chi connectivity index (χ3n) is 3.62. The predicted octanol–water partition coefficient (Wildman–Crippen LogP) is 4.30. The Hall–Kier alpha value is -0.410. The molecule has 1 atom stereocenters. The van der Waals surface area contributed by atoms with Crippen molar-refractivity contribution in [3.8, 4) is 5.75 Å². The first-order chi connectivity index (χ1) is 11.0. The lowest BCUT2D eigenvalue weighted by Crippen LogP contribution is -2.35. The molecule has 0 aromatic heterocycles. The van der Waals surface area contributed by atoms with Crippen molar-refractivity contribution in [3.05, 3.63) is 31.5 Å². The number of carbonyl (C=O) groups is 1. The topological polar surface area (TPSA) is 49.8 Å². The molecule has 1 amide bonds. The number of hydrogen-bond acceptors (Lipinski definition) is 5. The molecule has 2 heterocycles. The Morgan fingerprint density at radius 3 is 2.74 bits per heavy atom. The molecule has 2 saturated heterocycles. The van der Waals surface area contributed by atoms with E-state index in [9.17, 15) is 9.90 Å². The van der Waals surface area contributed by atoms with Gasteiger partial charge >= 0.3 is 0 Å². The summed E-state index contributed by atoms with van der Waals surface area (Å²) in [5.74, 6) is 0.0453. The highest BCUT2D eigenvalue weighted by Gasteiger charge is 2.34. The summed E-state index contributed by atoms with van der Waals surface area (Å²) in [7, 11) is 0. The lowest BCUT2D eigenvalue weighted by molar-refractivity contribution is -0.123. The summed E-state index contributed by atoms with van der Waals surface area (Å²) >= 11 is 13.2. The largest absolute Gasteiger partial charge is 0.506 e. The zero-order chi connectivity index (χ0) is 16.6. The summed E-state index contributed by atoms with van der Waals surface area (Å²) < 4.78 is 7.28. The average Bonchev–Trinajstić information content (AvgIpc) is 3.09. The number of thioether (sulfide) groups is 1. The lowest BCUT2D eigenvalue weighted by Gasteiger charge is -2.18. The Labute approximate surface area is 160 Å². The van der Waals surface area contributed by atoms with Crippen LogP contribution < -0.4 is 0 Å². The molecule has 1 N–H and O–H groups in total. The molecule has 2 aliphatic rings. The highest BCUT2D eigenvalue weighted by Crippen LogP contribution is 2.37. The summed E-state index contributed by atoms with van der Waals surface area (Å²) in [6, 6.07) is 3.51. The molecule has 0 radical (unpaired) electrons. The monoisotopic (exact) mass is 477 g/mol. The van der Waals surface area contributed by atoms with E-state index in [1.54, 1.807) is 23.1 Å². The van der Waals surface area contributed by atoms with Crippen LogP contribution in [0.3, 0.4) is 0 Å². The molecule has 122 valence electrons. The van der Waals surface area contributed by atoms with E-state index >= 15 is 0 Å². The van der Waals surface area contributed by atoms with Crippen LogP contribution in [0.5, 0.6) is 5.75 Å². The molecule has 2 aliphatic heterocycles. The molecule has 0 unspecified atom stereocenters. The standard InChI is InChI=1S/C15H13Br2NO3S2/c16-10-4-8(5-11(17)13(10)19)6-12-14(20)18(15(22)23-12)7-9-2-1-3-21-9/h4-6,9,19H,1-3,7H2/b12-6-/t9-/m0/s1. The van der Waals surface area contributed by atoms with Gasteiger partial charge in [0, 0.05) is 6.61 Å². The number of rotatable bonds is 3. The molecular formula is C15H13Br2NO3S2. The van der Waals surface area contributed by atoms with Gasteiger partial charge in [-0.3, -0.25) is 9.69 Å². The van der Waals surface area contributed by atoms with E-state index in [1.165, 1.54) is 11.8 Å². The number of nitrogens with zero attached hydrogens (tertiary/aromatic N) is 1. The van der Waals surface area contributed by atoms with Crippen LogP contribution in [-0.2, 0) is 9.53 Å². The summed E-state index contributed by atoms with van der Waals surface area (Å²) in [5.41, 5.74) is 0.805. The zero-order valence-corrected chi connectivity index (χ0v) is 16.7. The number of halogens is 2. The third kappa shape index (κ3) is 3.82. The van der Waals surface area contributed by atoms with E-state index < -0.39 is 0 Å². The Bertz CT molecular complexity index is 679. The Kier molecular flexibility index (Phi) is 5.47. The molecule has 0 bridgehead atoms. The zero-order valence-electron chi connectivity index (χ0n) is 11.9. The van der Waals surface area contributed by atoms with Gasteiger partial charge in [-0.2, -0.15) is 0 Å². The van der Waals surface area contributed by atoms with E-state index in [0.29, 0.717) is 24.7 Å². The van der Waals surface area contributed by atoms with Gasteiger partial charge in [-0.25, -0.2) is 0 Å². The maximum absolute atomic E-state index is 12.6. The molecule has 0 aliphatic carbocycles. The van der Waals surface area contributed by atoms with Crippen LogP contribution in [0.1, 0.15) is 18.4 Å². The van der Waals surface area contributed by atoms with Crippen molar-refractivity contribution in [2.24, 2.45) is 0 Å². The van der Waals surface area contributed by atoms with Crippen molar-refractivity contribution in [1.29, 1.82) is 0 Å². The number of hydrogen-bond donors (Lipinski definition) is 1. The van der Waals surface area contributed by atoms with Crippen molar-refractivity contribution < 1.29 is 14.6 Å². The number of benzene rings is 1. The first-order valence-electron chi connectivity index (χ1n) is 7.00. The molecule has 1 aromatic rings. The molecule has 1 aromatic carbocycles. The van der Waals surface area contributed by atoms with Gasteiger partial charge in [0.25, 0.3) is 5.91 Å². The van der Waals surface area contributed by atoms with Gasteiger partial charge in [0.1, 0.15) is 10.1 Å². The van der Waals surface area contributed by atoms with Gasteiger partial charge in [-0.05, 0) is 68.5 Å². The molecular weight excluding hydrogens is 466 g/mol. The highest BCUT2D eigenvalue weighted by atomic mass is 79.9. The summed E-state index contributed by atoms with van der Waals surface area (Å²) in [6.45, 7) is 1.27. The quantitative estimate of drug-likeness (QED) is 0.518. The number of ether oxygens (including phenoxy) is 1. The lowest BCUT2D eigenvalue weighted by atomic mass is 10.2. The highest BCUT2D eigenvalue weighted by molar-refractivity contribution is 9.11. The van der Waals surface area contributed by atoms with E-state index in [4.69, 9.17) is 17.0 Å². The predicted molar refractivity (Wildman–Crippen MR) is 102 cm³/mol. The van der Waals surface area contributed by atoms with Crippen LogP contribution >= 0.6 is 55.8 Å². The number of carbonyl (C=O) groups excluding carboxylic acids is 1. The van der Waals surface area contributed by atoms with Crippen LogP contribution in [0.2, 0.25) is 0 Å². The second-order valence-corrected chi connectivity index (χ2v) is 8.64. The van der Waals surface area contributed by atoms with Gasteiger partial charge in [0.2, 0.25) is 0 Å². The minimum Gasteiger partial charge on any atom is -0.506 e. The number of aromatic hydroxyl groups is 1. The minimum atomic E-state index is -0.0872. The molecule has 0 spiro atoms. The van der Waals surface area contributed by atoms with Crippen LogP contribution in [-0.4, -0.2) is 39.5 Å². The van der Waals surface area contributed by atoms with E-state index in [2.05, 4.69) is 31.9 Å². The second kappa shape index (κ2) is 7.23.